The van der Waals surface area contributed by atoms with Crippen LogP contribution in [-0.2, 0) is 4.74 Å². The first kappa shape index (κ1) is 11.5. The van der Waals surface area contributed by atoms with Crippen molar-refractivity contribution in [2.45, 2.75) is 45.4 Å². The first-order valence-corrected chi connectivity index (χ1v) is 5.22. The zero-order valence-corrected chi connectivity index (χ0v) is 9.29. The van der Waals surface area contributed by atoms with Gasteiger partial charge in [0, 0.05) is 25.0 Å². The Kier molecular flexibility index (Phi) is 3.89. The van der Waals surface area contributed by atoms with E-state index in [-0.39, 0.29) is 11.9 Å². The van der Waals surface area contributed by atoms with Gasteiger partial charge in [-0.25, -0.2) is 0 Å². The molecule has 82 valence electrons. The molecular formula is C10H21N3O. The maximum Gasteiger partial charge on any atom is 0.0920 e. The van der Waals surface area contributed by atoms with Crippen LogP contribution in [0, 0.1) is 5.41 Å². The van der Waals surface area contributed by atoms with Crippen LogP contribution in [0.25, 0.3) is 0 Å². The predicted octanol–water partition coefficient (Wildman–Crippen LogP) is 0.810. The fourth-order valence-corrected chi connectivity index (χ4v) is 2.01. The molecule has 0 bridgehead atoms. The summed E-state index contributed by atoms with van der Waals surface area (Å²) in [6.07, 6.45) is 0.926. The molecule has 0 aromatic carbocycles. The highest BCUT2D eigenvalue weighted by atomic mass is 16.5. The first-order chi connectivity index (χ1) is 6.52. The van der Waals surface area contributed by atoms with Crippen LogP contribution in [0.4, 0.5) is 0 Å². The van der Waals surface area contributed by atoms with E-state index in [1.54, 1.807) is 0 Å². The molecule has 0 aromatic heterocycles. The van der Waals surface area contributed by atoms with Crippen molar-refractivity contribution in [3.63, 3.8) is 0 Å². The number of rotatable bonds is 3. The number of ether oxygens (including phenoxy) is 1. The van der Waals surface area contributed by atoms with Crippen molar-refractivity contribution in [1.29, 1.82) is 5.41 Å². The summed E-state index contributed by atoms with van der Waals surface area (Å²) >= 11 is 0. The molecule has 14 heavy (non-hydrogen) atoms. The number of nitrogens with zero attached hydrogens (tertiary/aromatic N) is 1. The van der Waals surface area contributed by atoms with Crippen molar-refractivity contribution in [3.8, 4) is 0 Å². The molecule has 0 spiro atoms. The first-order valence-electron chi connectivity index (χ1n) is 5.22. The number of nitrogens with one attached hydrogen (secondary N) is 1. The van der Waals surface area contributed by atoms with Crippen LogP contribution in [-0.4, -0.2) is 42.1 Å². The van der Waals surface area contributed by atoms with Gasteiger partial charge in [0.1, 0.15) is 0 Å². The summed E-state index contributed by atoms with van der Waals surface area (Å²) in [5.41, 5.74) is 5.41. The number of amidine groups is 1. The van der Waals surface area contributed by atoms with E-state index in [1.165, 1.54) is 0 Å². The Morgan fingerprint density at radius 2 is 2.29 bits per heavy atom. The van der Waals surface area contributed by atoms with Gasteiger partial charge in [0.05, 0.1) is 18.5 Å². The van der Waals surface area contributed by atoms with E-state index in [1.807, 2.05) is 0 Å². The molecule has 1 rings (SSSR count). The molecule has 3 unspecified atom stereocenters. The molecular weight excluding hydrogens is 178 g/mol. The Balaban J connectivity index is 2.52. The maximum absolute atomic E-state index is 7.28. The van der Waals surface area contributed by atoms with Gasteiger partial charge in [0.2, 0.25) is 0 Å². The lowest BCUT2D eigenvalue weighted by Crippen LogP contribution is -2.52. The van der Waals surface area contributed by atoms with Crippen LogP contribution in [0.2, 0.25) is 0 Å². The maximum atomic E-state index is 7.28. The number of hydrogen-bond acceptors (Lipinski definition) is 3. The van der Waals surface area contributed by atoms with Crippen LogP contribution in [0.15, 0.2) is 0 Å². The van der Waals surface area contributed by atoms with Crippen molar-refractivity contribution in [2.24, 2.45) is 5.73 Å². The van der Waals surface area contributed by atoms with E-state index >= 15 is 0 Å². The smallest absolute Gasteiger partial charge is 0.0920 e. The van der Waals surface area contributed by atoms with Crippen LogP contribution < -0.4 is 5.73 Å². The van der Waals surface area contributed by atoms with Gasteiger partial charge < -0.3 is 10.5 Å². The van der Waals surface area contributed by atoms with E-state index in [2.05, 4.69) is 25.7 Å². The molecule has 0 aliphatic carbocycles. The van der Waals surface area contributed by atoms with E-state index in [4.69, 9.17) is 15.9 Å². The third-order valence-electron chi connectivity index (χ3n) is 3.01. The monoisotopic (exact) mass is 199 g/mol. The highest BCUT2D eigenvalue weighted by Gasteiger charge is 2.28. The minimum Gasteiger partial charge on any atom is -0.388 e. The zero-order valence-electron chi connectivity index (χ0n) is 9.29. The van der Waals surface area contributed by atoms with Gasteiger partial charge in [0.25, 0.3) is 0 Å². The largest absolute Gasteiger partial charge is 0.388 e. The molecule has 3 atom stereocenters. The Bertz CT molecular complexity index is 208. The summed E-state index contributed by atoms with van der Waals surface area (Å²) in [4.78, 5) is 2.37. The molecule has 4 heteroatoms. The Hall–Kier alpha value is -0.610. The predicted molar refractivity (Wildman–Crippen MR) is 57.6 cm³/mol. The average Bonchev–Trinajstić information content (AvgIpc) is 2.08. The molecule has 1 saturated heterocycles. The summed E-state index contributed by atoms with van der Waals surface area (Å²) in [5.74, 6) is 0.267. The van der Waals surface area contributed by atoms with E-state index in [0.29, 0.717) is 18.5 Å². The van der Waals surface area contributed by atoms with Gasteiger partial charge in [-0.15, -0.1) is 0 Å². The minimum absolute atomic E-state index is 0.267. The molecule has 1 fully saturated rings. The van der Waals surface area contributed by atoms with Crippen molar-refractivity contribution >= 4 is 5.84 Å². The van der Waals surface area contributed by atoms with Crippen molar-refractivity contribution in [1.82, 2.24) is 4.90 Å². The van der Waals surface area contributed by atoms with Gasteiger partial charge in [-0.1, -0.05) is 0 Å². The molecule has 1 aliphatic heterocycles. The molecule has 4 nitrogen and oxygen atoms in total. The van der Waals surface area contributed by atoms with Gasteiger partial charge in [-0.05, 0) is 20.8 Å². The number of hydrogen-bond donors (Lipinski definition) is 2. The van der Waals surface area contributed by atoms with Crippen molar-refractivity contribution < 1.29 is 4.74 Å². The second-order valence-electron chi connectivity index (χ2n) is 4.13. The van der Waals surface area contributed by atoms with Gasteiger partial charge in [0.15, 0.2) is 0 Å². The van der Waals surface area contributed by atoms with Crippen LogP contribution in [0.3, 0.4) is 0 Å². The summed E-state index contributed by atoms with van der Waals surface area (Å²) in [7, 11) is 0. The summed E-state index contributed by atoms with van der Waals surface area (Å²) < 4.78 is 5.55. The summed E-state index contributed by atoms with van der Waals surface area (Å²) in [6.45, 7) is 8.11. The number of nitrogens with two attached hydrogens (primary N) is 1. The van der Waals surface area contributed by atoms with E-state index < -0.39 is 0 Å². The second kappa shape index (κ2) is 4.75. The lowest BCUT2D eigenvalue weighted by Gasteiger charge is -2.41. The van der Waals surface area contributed by atoms with Crippen molar-refractivity contribution in [2.75, 3.05) is 13.2 Å². The van der Waals surface area contributed by atoms with Crippen LogP contribution in [0.5, 0.6) is 0 Å². The van der Waals surface area contributed by atoms with Crippen molar-refractivity contribution in [3.05, 3.63) is 0 Å². The minimum atomic E-state index is 0.267. The van der Waals surface area contributed by atoms with Gasteiger partial charge in [-0.2, -0.15) is 0 Å². The third-order valence-corrected chi connectivity index (χ3v) is 3.01. The lowest BCUT2D eigenvalue weighted by atomic mass is 10.1. The average molecular weight is 199 g/mol. The third kappa shape index (κ3) is 2.69. The molecule has 0 radical (unpaired) electrons. The Morgan fingerprint density at radius 1 is 1.64 bits per heavy atom. The normalized spacial score (nSPS) is 31.4. The summed E-state index contributed by atoms with van der Waals surface area (Å²) in [5, 5.41) is 7.28. The highest BCUT2D eigenvalue weighted by molar-refractivity contribution is 5.77. The standard InChI is InChI=1S/C10H21N3O/c1-7(6-10(11)12)13-4-5-14-9(3)8(13)2/h7-9H,4-6H2,1-3H3,(H3,11,12). The SMILES string of the molecule is CC1OCCN(C(C)CC(=N)N)C1C. The Morgan fingerprint density at radius 3 is 2.86 bits per heavy atom. The fourth-order valence-electron chi connectivity index (χ4n) is 2.01. The quantitative estimate of drug-likeness (QED) is 0.522. The van der Waals surface area contributed by atoms with Gasteiger partial charge >= 0.3 is 0 Å². The molecule has 0 aromatic rings. The topological polar surface area (TPSA) is 62.3 Å². The van der Waals surface area contributed by atoms with Gasteiger partial charge in [-0.3, -0.25) is 10.3 Å². The highest BCUT2D eigenvalue weighted by Crippen LogP contribution is 2.17. The Labute approximate surface area is 85.9 Å². The van der Waals surface area contributed by atoms with E-state index in [0.717, 1.165) is 13.2 Å². The lowest BCUT2D eigenvalue weighted by molar-refractivity contribution is -0.0679. The molecule has 1 heterocycles. The zero-order chi connectivity index (χ0) is 10.7. The fraction of sp³-hybridized carbons (Fsp3) is 0.900. The molecule has 3 N–H and O–H groups in total. The second-order valence-corrected chi connectivity index (χ2v) is 4.13. The van der Waals surface area contributed by atoms with E-state index in [9.17, 15) is 0 Å². The summed E-state index contributed by atoms with van der Waals surface area (Å²) in [6, 6.07) is 0.756. The molecule has 0 saturated carbocycles. The van der Waals surface area contributed by atoms with Crippen LogP contribution >= 0.6 is 0 Å². The molecule has 0 amide bonds. The number of morpholine rings is 1. The molecule has 1 aliphatic rings. The van der Waals surface area contributed by atoms with Crippen LogP contribution in [0.1, 0.15) is 27.2 Å².